The molecule has 8 heteroatoms. The Hall–Kier alpha value is -2.38. The maximum absolute atomic E-state index is 12.5. The third-order valence-electron chi connectivity index (χ3n) is 4.23. The first-order valence-electron chi connectivity index (χ1n) is 9.07. The van der Waals surface area contributed by atoms with Gasteiger partial charge in [0.25, 0.3) is 5.91 Å². The van der Waals surface area contributed by atoms with Gasteiger partial charge in [-0.2, -0.15) is 0 Å². The van der Waals surface area contributed by atoms with Crippen molar-refractivity contribution < 1.29 is 14.4 Å². The van der Waals surface area contributed by atoms with Crippen molar-refractivity contribution in [2.75, 3.05) is 11.9 Å². The van der Waals surface area contributed by atoms with Crippen molar-refractivity contribution in [2.24, 2.45) is 5.92 Å². The molecule has 6 nitrogen and oxygen atoms in total. The Morgan fingerprint density at radius 2 is 1.72 bits per heavy atom. The zero-order chi connectivity index (χ0) is 21.6. The van der Waals surface area contributed by atoms with Crippen molar-refractivity contribution in [3.8, 4) is 0 Å². The first kappa shape index (κ1) is 22.9. The number of carbonyl (C=O) groups excluding carboxylic acids is 3. The van der Waals surface area contributed by atoms with Gasteiger partial charge in [-0.15, -0.1) is 0 Å². The monoisotopic (exact) mass is 479 g/mol. The van der Waals surface area contributed by atoms with Gasteiger partial charge in [0.05, 0.1) is 6.54 Å². The lowest BCUT2D eigenvalue weighted by Gasteiger charge is -2.21. The molecule has 0 aliphatic carbocycles. The molecule has 0 heterocycles. The van der Waals surface area contributed by atoms with Crippen LogP contribution in [0.5, 0.6) is 0 Å². The topological polar surface area (TPSA) is 87.3 Å². The molecule has 0 bridgehead atoms. The van der Waals surface area contributed by atoms with E-state index in [0.29, 0.717) is 16.3 Å². The first-order chi connectivity index (χ1) is 13.7. The van der Waals surface area contributed by atoms with Crippen LogP contribution in [0.4, 0.5) is 5.69 Å². The number of rotatable bonds is 7. The minimum atomic E-state index is -0.777. The zero-order valence-corrected chi connectivity index (χ0v) is 18.7. The number of hydrogen-bond acceptors (Lipinski definition) is 3. The summed E-state index contributed by atoms with van der Waals surface area (Å²) in [7, 11) is 0. The van der Waals surface area contributed by atoms with Gasteiger partial charge in [0, 0.05) is 20.7 Å². The highest BCUT2D eigenvalue weighted by Gasteiger charge is 2.25. The van der Waals surface area contributed by atoms with Crippen molar-refractivity contribution in [1.82, 2.24) is 10.6 Å². The molecular weight excluding hydrogens is 458 g/mol. The van der Waals surface area contributed by atoms with Crippen molar-refractivity contribution in [1.29, 1.82) is 0 Å². The predicted molar refractivity (Wildman–Crippen MR) is 118 cm³/mol. The highest BCUT2D eigenvalue weighted by molar-refractivity contribution is 9.10. The predicted octanol–water partition coefficient (Wildman–Crippen LogP) is 3.92. The molecule has 0 saturated heterocycles. The molecule has 3 N–H and O–H groups in total. The molecule has 0 saturated carbocycles. The number of hydrogen-bond donors (Lipinski definition) is 3. The average Bonchev–Trinajstić information content (AvgIpc) is 2.66. The second kappa shape index (κ2) is 10.4. The molecule has 3 amide bonds. The molecule has 0 unspecified atom stereocenters. The summed E-state index contributed by atoms with van der Waals surface area (Å²) in [6.45, 7) is 5.31. The average molecular weight is 481 g/mol. The van der Waals surface area contributed by atoms with Gasteiger partial charge < -0.3 is 16.0 Å². The van der Waals surface area contributed by atoms with Crippen LogP contribution < -0.4 is 16.0 Å². The van der Waals surface area contributed by atoms with Crippen molar-refractivity contribution in [2.45, 2.75) is 26.8 Å². The van der Waals surface area contributed by atoms with E-state index in [1.807, 2.05) is 32.9 Å². The number of carbonyl (C=O) groups is 3. The second-order valence-corrected chi connectivity index (χ2v) is 8.28. The quantitative estimate of drug-likeness (QED) is 0.561. The zero-order valence-electron chi connectivity index (χ0n) is 16.4. The summed E-state index contributed by atoms with van der Waals surface area (Å²) in [6.07, 6.45) is 0. The molecule has 29 heavy (non-hydrogen) atoms. The Kier molecular flexibility index (Phi) is 8.22. The van der Waals surface area contributed by atoms with Crippen molar-refractivity contribution >= 4 is 50.9 Å². The van der Waals surface area contributed by atoms with Gasteiger partial charge in [-0.1, -0.05) is 41.4 Å². The maximum Gasteiger partial charge on any atom is 0.251 e. The summed E-state index contributed by atoms with van der Waals surface area (Å²) in [5.41, 5.74) is 1.97. The summed E-state index contributed by atoms with van der Waals surface area (Å²) < 4.78 is 0.914. The summed E-state index contributed by atoms with van der Waals surface area (Å²) in [4.78, 5) is 37.1. The number of halogens is 2. The molecule has 0 aliphatic heterocycles. The van der Waals surface area contributed by atoms with Crippen LogP contribution in [0, 0.1) is 12.8 Å². The molecule has 0 fully saturated rings. The first-order valence-corrected chi connectivity index (χ1v) is 10.2. The van der Waals surface area contributed by atoms with Crippen molar-refractivity contribution in [3.63, 3.8) is 0 Å². The summed E-state index contributed by atoms with van der Waals surface area (Å²) in [6, 6.07) is 11.1. The highest BCUT2D eigenvalue weighted by atomic mass is 79.9. The Balaban J connectivity index is 1.94. The normalized spacial score (nSPS) is 11.7. The number of anilines is 1. The Labute approximate surface area is 183 Å². The van der Waals surface area contributed by atoms with Gasteiger partial charge in [0.2, 0.25) is 11.8 Å². The number of benzene rings is 2. The van der Waals surface area contributed by atoms with Crippen LogP contribution in [0.25, 0.3) is 0 Å². The summed E-state index contributed by atoms with van der Waals surface area (Å²) in [5, 5.41) is 8.57. The van der Waals surface area contributed by atoms with E-state index in [1.54, 1.807) is 30.3 Å². The third kappa shape index (κ3) is 6.87. The Morgan fingerprint density at radius 1 is 1.07 bits per heavy atom. The van der Waals surface area contributed by atoms with Gasteiger partial charge in [0.1, 0.15) is 6.04 Å². The van der Waals surface area contributed by atoms with E-state index in [1.165, 1.54) is 0 Å². The lowest BCUT2D eigenvalue weighted by molar-refractivity contribution is -0.126. The van der Waals surface area contributed by atoms with E-state index >= 15 is 0 Å². The molecule has 1 atom stereocenters. The second-order valence-electron chi connectivity index (χ2n) is 6.93. The van der Waals surface area contributed by atoms with Gasteiger partial charge >= 0.3 is 0 Å². The lowest BCUT2D eigenvalue weighted by atomic mass is 10.0. The molecular formula is C21H23BrClN3O3. The minimum absolute atomic E-state index is 0.164. The maximum atomic E-state index is 12.5. The molecule has 0 aliphatic rings. The van der Waals surface area contributed by atoms with E-state index in [4.69, 9.17) is 11.6 Å². The van der Waals surface area contributed by atoms with Crippen LogP contribution in [-0.2, 0) is 9.59 Å². The van der Waals surface area contributed by atoms with Gasteiger partial charge in [-0.05, 0) is 60.9 Å². The summed E-state index contributed by atoms with van der Waals surface area (Å²) in [5.74, 6) is -1.33. The fraction of sp³-hybridized carbons (Fsp3) is 0.286. The standard InChI is InChI=1S/C21H23BrClN3O3/c1-12(2)19(26-20(28)14-4-7-16(23)8-5-14)21(29)24-11-18(27)25-17-9-6-15(22)10-13(17)3/h4-10,12,19H,11H2,1-3H3,(H,24,29)(H,25,27)(H,26,28)/t19-/m0/s1. The van der Waals surface area contributed by atoms with Crippen LogP contribution in [0.3, 0.4) is 0 Å². The van der Waals surface area contributed by atoms with E-state index < -0.39 is 11.9 Å². The van der Waals surface area contributed by atoms with Crippen LogP contribution in [-0.4, -0.2) is 30.3 Å². The molecule has 154 valence electrons. The largest absolute Gasteiger partial charge is 0.345 e. The van der Waals surface area contributed by atoms with Crippen LogP contribution in [0.2, 0.25) is 5.02 Å². The number of amides is 3. The van der Waals surface area contributed by atoms with Crippen LogP contribution >= 0.6 is 27.5 Å². The molecule has 2 aromatic rings. The van der Waals surface area contributed by atoms with Crippen LogP contribution in [0.15, 0.2) is 46.9 Å². The SMILES string of the molecule is Cc1cc(Br)ccc1NC(=O)CNC(=O)[C@@H](NC(=O)c1ccc(Cl)cc1)C(C)C. The van der Waals surface area contributed by atoms with E-state index in [2.05, 4.69) is 31.9 Å². The lowest BCUT2D eigenvalue weighted by Crippen LogP contribution is -2.51. The molecule has 0 spiro atoms. The smallest absolute Gasteiger partial charge is 0.251 e. The molecule has 2 aromatic carbocycles. The van der Waals surface area contributed by atoms with Crippen LogP contribution in [0.1, 0.15) is 29.8 Å². The van der Waals surface area contributed by atoms with E-state index in [9.17, 15) is 14.4 Å². The van der Waals surface area contributed by atoms with Gasteiger partial charge in [-0.3, -0.25) is 14.4 Å². The molecule has 2 rings (SSSR count). The van der Waals surface area contributed by atoms with Gasteiger partial charge in [-0.25, -0.2) is 0 Å². The minimum Gasteiger partial charge on any atom is -0.345 e. The summed E-state index contributed by atoms with van der Waals surface area (Å²) >= 11 is 9.20. The Morgan fingerprint density at radius 3 is 2.31 bits per heavy atom. The van der Waals surface area contributed by atoms with E-state index in [0.717, 1.165) is 10.0 Å². The fourth-order valence-electron chi connectivity index (χ4n) is 2.60. The molecule has 0 aromatic heterocycles. The van der Waals surface area contributed by atoms with E-state index in [-0.39, 0.29) is 24.3 Å². The number of nitrogens with one attached hydrogen (secondary N) is 3. The van der Waals surface area contributed by atoms with Gasteiger partial charge in [0.15, 0.2) is 0 Å². The Bertz CT molecular complexity index is 901. The highest BCUT2D eigenvalue weighted by Crippen LogP contribution is 2.19. The fourth-order valence-corrected chi connectivity index (χ4v) is 3.20. The number of aryl methyl sites for hydroxylation is 1. The third-order valence-corrected chi connectivity index (χ3v) is 4.97. The molecule has 0 radical (unpaired) electrons. The van der Waals surface area contributed by atoms with Crippen molar-refractivity contribution in [3.05, 3.63) is 63.1 Å².